The summed E-state index contributed by atoms with van der Waals surface area (Å²) in [6, 6.07) is 6.80. The second-order valence-corrected chi connectivity index (χ2v) is 8.11. The number of benzene rings is 1. The Kier molecular flexibility index (Phi) is 9.12. The van der Waals surface area contributed by atoms with Crippen molar-refractivity contribution in [3.63, 3.8) is 0 Å². The van der Waals surface area contributed by atoms with Crippen molar-refractivity contribution in [2.75, 3.05) is 49.5 Å². The maximum atomic E-state index is 12.6. The molecule has 0 saturated carbocycles. The van der Waals surface area contributed by atoms with E-state index in [4.69, 9.17) is 4.74 Å². The maximum absolute atomic E-state index is 12.6. The Morgan fingerprint density at radius 1 is 1.32 bits per heavy atom. The zero-order chi connectivity index (χ0) is 24.3. The molecule has 5 N–H and O–H groups in total. The first-order valence-electron chi connectivity index (χ1n) is 11.4. The summed E-state index contributed by atoms with van der Waals surface area (Å²) in [5.74, 6) is -0.917. The number of anilines is 2. The molecule has 11 heteroatoms. The minimum atomic E-state index is -1.28. The smallest absolute Gasteiger partial charge is 0.408 e. The molecule has 1 aromatic carbocycles. The highest BCUT2D eigenvalue weighted by molar-refractivity contribution is 5.94. The molecule has 1 aromatic rings. The molecular weight excluding hydrogens is 440 g/mol. The van der Waals surface area contributed by atoms with Crippen LogP contribution in [-0.2, 0) is 14.3 Å². The van der Waals surface area contributed by atoms with Crippen LogP contribution in [0.3, 0.4) is 0 Å². The van der Waals surface area contributed by atoms with Crippen molar-refractivity contribution in [1.82, 2.24) is 16.0 Å². The number of carbonyl (C=O) groups excluding carboxylic acids is 2. The lowest BCUT2D eigenvalue weighted by molar-refractivity contribution is -0.139. The van der Waals surface area contributed by atoms with Gasteiger partial charge < -0.3 is 36.0 Å². The number of hydrogen-bond donors (Lipinski definition) is 5. The highest BCUT2D eigenvalue weighted by atomic mass is 16.5. The van der Waals surface area contributed by atoms with Crippen molar-refractivity contribution in [3.05, 3.63) is 36.9 Å². The van der Waals surface area contributed by atoms with Crippen LogP contribution in [0.4, 0.5) is 16.2 Å². The number of nitrogens with one attached hydrogen (secondary N) is 4. The van der Waals surface area contributed by atoms with Crippen LogP contribution in [-0.4, -0.2) is 74.4 Å². The van der Waals surface area contributed by atoms with Crippen molar-refractivity contribution in [3.8, 4) is 0 Å². The normalized spacial score (nSPS) is 16.9. The van der Waals surface area contributed by atoms with Crippen molar-refractivity contribution >= 4 is 35.3 Å². The van der Waals surface area contributed by atoms with Crippen LogP contribution in [0.2, 0.25) is 0 Å². The quantitative estimate of drug-likeness (QED) is 0.337. The molecule has 0 aromatic heterocycles. The van der Waals surface area contributed by atoms with Crippen LogP contribution in [0.1, 0.15) is 19.3 Å². The summed E-state index contributed by atoms with van der Waals surface area (Å²) in [5.41, 5.74) is 2.01. The Hall–Kier alpha value is -3.76. The van der Waals surface area contributed by atoms with E-state index in [-0.39, 0.29) is 25.0 Å². The van der Waals surface area contributed by atoms with E-state index in [0.29, 0.717) is 25.9 Å². The molecule has 2 heterocycles. The number of amides is 2. The standard InChI is InChI=1S/C23H32N6O5/c1-2-13-34-23(33)28-19(21(31)32)15-26-20(30)16-7-11-29(12-8-16)18-6-3-5-17(14-18)27-22-24-9-4-10-25-22/h2-3,5-6,14,16,19H,1,4,7-13,15H2,(H,26,30)(H,28,33)(H,31,32)(H2,24,25,27)/t19-/m0/s1. The maximum Gasteiger partial charge on any atom is 0.408 e. The molecule has 2 aliphatic heterocycles. The summed E-state index contributed by atoms with van der Waals surface area (Å²) in [6.07, 6.45) is 2.81. The Morgan fingerprint density at radius 3 is 2.79 bits per heavy atom. The largest absolute Gasteiger partial charge is 0.480 e. The van der Waals surface area contributed by atoms with Crippen molar-refractivity contribution in [1.29, 1.82) is 0 Å². The van der Waals surface area contributed by atoms with E-state index in [1.807, 2.05) is 18.2 Å². The van der Waals surface area contributed by atoms with Gasteiger partial charge in [0.25, 0.3) is 0 Å². The number of guanidine groups is 1. The van der Waals surface area contributed by atoms with Crippen LogP contribution < -0.4 is 26.2 Å². The van der Waals surface area contributed by atoms with Gasteiger partial charge in [-0.1, -0.05) is 18.7 Å². The van der Waals surface area contributed by atoms with Crippen molar-refractivity contribution in [2.24, 2.45) is 10.9 Å². The van der Waals surface area contributed by atoms with Crippen LogP contribution in [0.25, 0.3) is 0 Å². The lowest BCUT2D eigenvalue weighted by Gasteiger charge is -2.33. The van der Waals surface area contributed by atoms with Crippen LogP contribution in [0, 0.1) is 5.92 Å². The van der Waals surface area contributed by atoms with Gasteiger partial charge in [-0.2, -0.15) is 0 Å². The minimum Gasteiger partial charge on any atom is -0.480 e. The molecule has 0 bridgehead atoms. The summed E-state index contributed by atoms with van der Waals surface area (Å²) in [7, 11) is 0. The fourth-order valence-electron chi connectivity index (χ4n) is 3.80. The molecule has 0 unspecified atom stereocenters. The topological polar surface area (TPSA) is 144 Å². The van der Waals surface area contributed by atoms with Gasteiger partial charge in [0.2, 0.25) is 5.91 Å². The summed E-state index contributed by atoms with van der Waals surface area (Å²) in [5, 5.41) is 20.7. The van der Waals surface area contributed by atoms with Gasteiger partial charge in [0.15, 0.2) is 5.96 Å². The summed E-state index contributed by atoms with van der Waals surface area (Å²) in [4.78, 5) is 42.2. The molecule has 1 saturated heterocycles. The van der Waals surface area contributed by atoms with E-state index in [1.54, 1.807) is 0 Å². The minimum absolute atomic E-state index is 0.0340. The zero-order valence-corrected chi connectivity index (χ0v) is 19.1. The number of aliphatic imine (C=N–C) groups is 1. The van der Waals surface area contributed by atoms with Gasteiger partial charge in [0, 0.05) is 50.0 Å². The number of ether oxygens (including phenoxy) is 1. The summed E-state index contributed by atoms with van der Waals surface area (Å²) in [6.45, 7) is 6.29. The second kappa shape index (κ2) is 12.5. The number of carboxylic acid groups (broad SMARTS) is 1. The zero-order valence-electron chi connectivity index (χ0n) is 19.1. The summed E-state index contributed by atoms with van der Waals surface area (Å²) < 4.78 is 4.74. The molecule has 11 nitrogen and oxygen atoms in total. The van der Waals surface area contributed by atoms with Gasteiger partial charge in [-0.3, -0.25) is 9.79 Å². The number of piperidine rings is 1. The predicted octanol–water partition coefficient (Wildman–Crippen LogP) is 1.15. The number of rotatable bonds is 9. The Bertz CT molecular complexity index is 913. The fourth-order valence-corrected chi connectivity index (χ4v) is 3.80. The van der Waals surface area contributed by atoms with Crippen LogP contribution in [0.5, 0.6) is 0 Å². The van der Waals surface area contributed by atoms with E-state index in [2.05, 4.69) is 43.8 Å². The second-order valence-electron chi connectivity index (χ2n) is 8.11. The molecule has 3 rings (SSSR count). The molecular formula is C23H32N6O5. The summed E-state index contributed by atoms with van der Waals surface area (Å²) >= 11 is 0. The molecule has 0 spiro atoms. The molecule has 0 aliphatic carbocycles. The molecule has 2 aliphatic rings. The van der Waals surface area contributed by atoms with Crippen molar-refractivity contribution < 1.29 is 24.2 Å². The van der Waals surface area contributed by atoms with E-state index in [0.717, 1.165) is 36.8 Å². The van der Waals surface area contributed by atoms with E-state index in [1.165, 1.54) is 6.08 Å². The highest BCUT2D eigenvalue weighted by Crippen LogP contribution is 2.25. The average molecular weight is 473 g/mol. The van der Waals surface area contributed by atoms with E-state index < -0.39 is 18.1 Å². The number of alkyl carbamates (subject to hydrolysis) is 1. The van der Waals surface area contributed by atoms with Gasteiger partial charge >= 0.3 is 12.1 Å². The first kappa shape index (κ1) is 24.9. The number of nitrogens with zero attached hydrogens (tertiary/aromatic N) is 2. The molecule has 1 atom stereocenters. The third kappa shape index (κ3) is 7.39. The highest BCUT2D eigenvalue weighted by Gasteiger charge is 2.27. The molecule has 34 heavy (non-hydrogen) atoms. The van der Waals surface area contributed by atoms with Gasteiger partial charge in [-0.05, 0) is 37.5 Å². The Morgan fingerprint density at radius 2 is 2.12 bits per heavy atom. The Balaban J connectivity index is 1.46. The van der Waals surface area contributed by atoms with E-state index >= 15 is 0 Å². The third-order valence-electron chi connectivity index (χ3n) is 5.64. The van der Waals surface area contributed by atoms with E-state index in [9.17, 15) is 19.5 Å². The number of hydrogen-bond acceptors (Lipinski definition) is 8. The predicted molar refractivity (Wildman–Crippen MR) is 129 cm³/mol. The van der Waals surface area contributed by atoms with Gasteiger partial charge in [-0.15, -0.1) is 0 Å². The fraction of sp³-hybridized carbons (Fsp3) is 0.478. The first-order valence-corrected chi connectivity index (χ1v) is 11.4. The molecule has 1 fully saturated rings. The monoisotopic (exact) mass is 472 g/mol. The number of carbonyl (C=O) groups is 3. The lowest BCUT2D eigenvalue weighted by atomic mass is 9.95. The van der Waals surface area contributed by atoms with Crippen molar-refractivity contribution in [2.45, 2.75) is 25.3 Å². The third-order valence-corrected chi connectivity index (χ3v) is 5.64. The van der Waals surface area contributed by atoms with Gasteiger partial charge in [0.1, 0.15) is 12.6 Å². The van der Waals surface area contributed by atoms with Crippen LogP contribution >= 0.6 is 0 Å². The van der Waals surface area contributed by atoms with Crippen LogP contribution in [0.15, 0.2) is 41.9 Å². The molecule has 2 amide bonds. The SMILES string of the molecule is C=CCOC(=O)N[C@@H](CNC(=O)C1CCN(c2cccc(NC3=NCCCN3)c2)CC1)C(=O)O. The van der Waals surface area contributed by atoms with Gasteiger partial charge in [-0.25, -0.2) is 9.59 Å². The molecule has 0 radical (unpaired) electrons. The first-order chi connectivity index (χ1) is 16.5. The number of carboxylic acids is 1. The average Bonchev–Trinajstić information content (AvgIpc) is 2.85. The lowest BCUT2D eigenvalue weighted by Crippen LogP contribution is -2.50. The number of aliphatic carboxylic acids is 1. The van der Waals surface area contributed by atoms with Gasteiger partial charge in [0.05, 0.1) is 0 Å². The molecule has 184 valence electrons. The Labute approximate surface area is 198 Å².